The van der Waals surface area contributed by atoms with Crippen molar-refractivity contribution in [1.29, 1.82) is 0 Å². The Bertz CT molecular complexity index is 851. The van der Waals surface area contributed by atoms with Gasteiger partial charge in [0.25, 0.3) is 5.69 Å². The molecule has 4 nitrogen and oxygen atoms in total. The van der Waals surface area contributed by atoms with E-state index < -0.39 is 4.92 Å². The number of fused-ring (bicyclic) bond motifs is 1. The third kappa shape index (κ3) is 2.98. The molecule has 0 N–H and O–H groups in total. The van der Waals surface area contributed by atoms with Gasteiger partial charge in [-0.15, -0.1) is 11.3 Å². The Morgan fingerprint density at radius 2 is 2.00 bits per heavy atom. The first kappa shape index (κ1) is 14.6. The molecule has 0 aliphatic rings. The molecule has 1 heterocycles. The van der Waals surface area contributed by atoms with Gasteiger partial charge in [0.15, 0.2) is 4.34 Å². The van der Waals surface area contributed by atoms with Gasteiger partial charge in [-0.3, -0.25) is 10.1 Å². The summed E-state index contributed by atoms with van der Waals surface area (Å²) >= 11 is 15.0. The molecule has 0 atom stereocenters. The Labute approximate surface area is 137 Å². The average Bonchev–Trinajstić information content (AvgIpc) is 2.85. The summed E-state index contributed by atoms with van der Waals surface area (Å²) in [6.07, 6.45) is 0. The largest absolute Gasteiger partial charge is 0.270 e. The molecule has 0 fully saturated rings. The van der Waals surface area contributed by atoms with Crippen LogP contribution in [0.25, 0.3) is 10.2 Å². The van der Waals surface area contributed by atoms with Crippen LogP contribution in [0.15, 0.2) is 45.6 Å². The van der Waals surface area contributed by atoms with Crippen molar-refractivity contribution >= 4 is 62.2 Å². The van der Waals surface area contributed by atoms with Crippen LogP contribution in [0.2, 0.25) is 10.0 Å². The molecular weight excluding hydrogens is 351 g/mol. The lowest BCUT2D eigenvalue weighted by Gasteiger charge is -2.00. The van der Waals surface area contributed by atoms with Crippen LogP contribution in [0.4, 0.5) is 5.69 Å². The standard InChI is InChI=1S/C13H6Cl2N2O2S2/c14-8-2-1-3-10-12(8)21-13(16-10)20-11-5-4-7(17(18)19)6-9(11)15/h1-6H. The van der Waals surface area contributed by atoms with Crippen LogP contribution in [-0.4, -0.2) is 9.91 Å². The number of hydrogen-bond acceptors (Lipinski definition) is 5. The molecule has 0 spiro atoms. The van der Waals surface area contributed by atoms with Crippen molar-refractivity contribution in [3.63, 3.8) is 0 Å². The van der Waals surface area contributed by atoms with Crippen LogP contribution in [0.5, 0.6) is 0 Å². The van der Waals surface area contributed by atoms with E-state index in [1.165, 1.54) is 35.2 Å². The van der Waals surface area contributed by atoms with Gasteiger partial charge >= 0.3 is 0 Å². The van der Waals surface area contributed by atoms with E-state index in [-0.39, 0.29) is 5.69 Å². The molecule has 0 saturated carbocycles. The highest BCUT2D eigenvalue weighted by atomic mass is 35.5. The second-order valence-corrected chi connectivity index (χ2v) is 7.14. The predicted molar refractivity (Wildman–Crippen MR) is 86.9 cm³/mol. The zero-order valence-electron chi connectivity index (χ0n) is 10.2. The average molecular weight is 357 g/mol. The second-order valence-electron chi connectivity index (χ2n) is 4.04. The lowest BCUT2D eigenvalue weighted by Crippen LogP contribution is -1.87. The number of aromatic nitrogens is 1. The summed E-state index contributed by atoms with van der Waals surface area (Å²) in [5.74, 6) is 0. The quantitative estimate of drug-likeness (QED) is 0.448. The Balaban J connectivity index is 1.95. The number of benzene rings is 2. The summed E-state index contributed by atoms with van der Waals surface area (Å²) in [6.45, 7) is 0. The van der Waals surface area contributed by atoms with E-state index in [1.54, 1.807) is 6.07 Å². The fraction of sp³-hybridized carbons (Fsp3) is 0. The summed E-state index contributed by atoms with van der Waals surface area (Å²) in [5.41, 5.74) is 0.796. The van der Waals surface area contributed by atoms with Gasteiger partial charge in [-0.1, -0.05) is 41.0 Å². The monoisotopic (exact) mass is 356 g/mol. The minimum Gasteiger partial charge on any atom is -0.258 e. The summed E-state index contributed by atoms with van der Waals surface area (Å²) < 4.78 is 1.70. The SMILES string of the molecule is O=[N+]([O-])c1ccc(Sc2nc3cccc(Cl)c3s2)c(Cl)c1. The van der Waals surface area contributed by atoms with Crippen molar-refractivity contribution in [3.05, 3.63) is 56.6 Å². The highest BCUT2D eigenvalue weighted by molar-refractivity contribution is 8.01. The van der Waals surface area contributed by atoms with Gasteiger partial charge in [0.1, 0.15) is 0 Å². The van der Waals surface area contributed by atoms with Crippen LogP contribution < -0.4 is 0 Å². The van der Waals surface area contributed by atoms with Crippen LogP contribution in [-0.2, 0) is 0 Å². The number of rotatable bonds is 3. The molecule has 0 saturated heterocycles. The maximum Gasteiger partial charge on any atom is 0.270 e. The summed E-state index contributed by atoms with van der Waals surface area (Å²) in [7, 11) is 0. The van der Waals surface area contributed by atoms with Gasteiger partial charge in [-0.05, 0) is 18.2 Å². The maximum atomic E-state index is 10.7. The molecule has 0 unspecified atom stereocenters. The molecule has 2 aromatic carbocycles. The highest BCUT2D eigenvalue weighted by Gasteiger charge is 2.13. The van der Waals surface area contributed by atoms with Gasteiger partial charge in [0, 0.05) is 17.0 Å². The number of nitrogens with zero attached hydrogens (tertiary/aromatic N) is 2. The molecule has 106 valence electrons. The van der Waals surface area contributed by atoms with Gasteiger partial charge in [-0.25, -0.2) is 4.98 Å². The number of hydrogen-bond donors (Lipinski definition) is 0. The third-order valence-corrected chi connectivity index (χ3v) is 5.76. The molecule has 0 aliphatic heterocycles. The van der Waals surface area contributed by atoms with Crippen molar-refractivity contribution in [1.82, 2.24) is 4.98 Å². The Morgan fingerprint density at radius 1 is 1.19 bits per heavy atom. The predicted octanol–water partition coefficient (Wildman–Crippen LogP) is 5.66. The molecule has 21 heavy (non-hydrogen) atoms. The van der Waals surface area contributed by atoms with Gasteiger partial charge in [-0.2, -0.15) is 0 Å². The molecule has 1 aromatic heterocycles. The van der Waals surface area contributed by atoms with E-state index in [4.69, 9.17) is 23.2 Å². The van der Waals surface area contributed by atoms with Crippen molar-refractivity contribution in [2.45, 2.75) is 9.24 Å². The Kier molecular flexibility index (Phi) is 4.03. The van der Waals surface area contributed by atoms with E-state index in [0.717, 1.165) is 19.5 Å². The second kappa shape index (κ2) is 5.81. The number of halogens is 2. The fourth-order valence-electron chi connectivity index (χ4n) is 1.72. The van der Waals surface area contributed by atoms with Gasteiger partial charge in [0.2, 0.25) is 0 Å². The topological polar surface area (TPSA) is 56.0 Å². The van der Waals surface area contributed by atoms with Gasteiger partial charge in [0.05, 0.1) is 25.2 Å². The molecule has 3 rings (SSSR count). The summed E-state index contributed by atoms with van der Waals surface area (Å²) in [4.78, 5) is 15.4. The number of thiazole rings is 1. The van der Waals surface area contributed by atoms with Crippen LogP contribution in [0.1, 0.15) is 0 Å². The number of nitro groups is 1. The van der Waals surface area contributed by atoms with Crippen molar-refractivity contribution < 1.29 is 4.92 Å². The molecular formula is C13H6Cl2N2O2S2. The molecule has 8 heteroatoms. The maximum absolute atomic E-state index is 10.7. The first-order valence-electron chi connectivity index (χ1n) is 5.71. The fourth-order valence-corrected chi connectivity index (χ4v) is 4.31. The molecule has 0 aliphatic carbocycles. The van der Waals surface area contributed by atoms with E-state index >= 15 is 0 Å². The molecule has 0 radical (unpaired) electrons. The zero-order chi connectivity index (χ0) is 15.0. The first-order chi connectivity index (χ1) is 10.0. The smallest absolute Gasteiger partial charge is 0.258 e. The van der Waals surface area contributed by atoms with E-state index in [1.807, 2.05) is 18.2 Å². The molecule has 0 bridgehead atoms. The molecule has 3 aromatic rings. The number of non-ortho nitro benzene ring substituents is 1. The van der Waals surface area contributed by atoms with Crippen molar-refractivity contribution in [3.8, 4) is 0 Å². The molecule has 0 amide bonds. The normalized spacial score (nSPS) is 11.0. The van der Waals surface area contributed by atoms with E-state index in [9.17, 15) is 10.1 Å². The minimum absolute atomic E-state index is 0.0308. The third-order valence-electron chi connectivity index (χ3n) is 2.67. The Hall–Kier alpha value is -1.34. The van der Waals surface area contributed by atoms with E-state index in [0.29, 0.717) is 10.0 Å². The summed E-state index contributed by atoms with van der Waals surface area (Å²) in [5, 5.41) is 11.7. The lowest BCUT2D eigenvalue weighted by atomic mass is 10.3. The van der Waals surface area contributed by atoms with Crippen LogP contribution in [0.3, 0.4) is 0 Å². The lowest BCUT2D eigenvalue weighted by molar-refractivity contribution is -0.384. The van der Waals surface area contributed by atoms with Gasteiger partial charge < -0.3 is 0 Å². The van der Waals surface area contributed by atoms with Crippen molar-refractivity contribution in [2.24, 2.45) is 0 Å². The van der Waals surface area contributed by atoms with E-state index in [2.05, 4.69) is 4.98 Å². The van der Waals surface area contributed by atoms with Crippen LogP contribution >= 0.6 is 46.3 Å². The Morgan fingerprint density at radius 3 is 2.67 bits per heavy atom. The first-order valence-corrected chi connectivity index (χ1v) is 8.10. The zero-order valence-corrected chi connectivity index (χ0v) is 13.4. The summed E-state index contributed by atoms with van der Waals surface area (Å²) in [6, 6.07) is 9.93. The van der Waals surface area contributed by atoms with Crippen LogP contribution in [0, 0.1) is 10.1 Å². The number of nitro benzene ring substituents is 1. The highest BCUT2D eigenvalue weighted by Crippen LogP contribution is 2.40. The van der Waals surface area contributed by atoms with Crippen molar-refractivity contribution in [2.75, 3.05) is 0 Å². The minimum atomic E-state index is -0.474.